The number of nitrogens with one attached hydrogen (secondary N) is 2. The second-order valence-corrected chi connectivity index (χ2v) is 6.61. The van der Waals surface area contributed by atoms with Crippen LogP contribution in [0, 0.1) is 10.8 Å². The molecule has 1 heterocycles. The van der Waals surface area contributed by atoms with Crippen LogP contribution in [0.5, 0.6) is 0 Å². The van der Waals surface area contributed by atoms with Crippen LogP contribution in [0.25, 0.3) is 0 Å². The molecule has 0 aromatic heterocycles. The third-order valence-corrected chi connectivity index (χ3v) is 4.50. The Balaban J connectivity index is 2.30. The lowest BCUT2D eigenvalue weighted by Crippen LogP contribution is -2.44. The van der Waals surface area contributed by atoms with Gasteiger partial charge in [0.2, 0.25) is 0 Å². The predicted molar refractivity (Wildman–Crippen MR) is 78.0 cm³/mol. The largest absolute Gasteiger partial charge is 0.385 e. The monoisotopic (exact) mass is 256 g/mol. The third kappa shape index (κ3) is 5.25. The zero-order valence-electron chi connectivity index (χ0n) is 12.8. The molecule has 0 saturated carbocycles. The summed E-state index contributed by atoms with van der Waals surface area (Å²) in [6.45, 7) is 12.5. The molecule has 108 valence electrons. The molecule has 0 atom stereocenters. The molecular weight excluding hydrogens is 224 g/mol. The Morgan fingerprint density at radius 3 is 2.50 bits per heavy atom. The van der Waals surface area contributed by atoms with Gasteiger partial charge in [0.05, 0.1) is 0 Å². The molecule has 3 heteroatoms. The van der Waals surface area contributed by atoms with Gasteiger partial charge in [-0.15, -0.1) is 0 Å². The first-order valence-electron chi connectivity index (χ1n) is 7.44. The first kappa shape index (κ1) is 15.9. The Morgan fingerprint density at radius 2 is 1.94 bits per heavy atom. The Bertz CT molecular complexity index is 223. The highest BCUT2D eigenvalue weighted by molar-refractivity contribution is 4.86. The third-order valence-electron chi connectivity index (χ3n) is 4.50. The lowest BCUT2D eigenvalue weighted by molar-refractivity contribution is 0.140. The minimum atomic E-state index is 0.331. The molecule has 0 aromatic rings. The van der Waals surface area contributed by atoms with E-state index in [1.165, 1.54) is 38.9 Å². The highest BCUT2D eigenvalue weighted by Gasteiger charge is 2.30. The Morgan fingerprint density at radius 1 is 1.28 bits per heavy atom. The van der Waals surface area contributed by atoms with Crippen molar-refractivity contribution < 1.29 is 4.74 Å². The van der Waals surface area contributed by atoms with Gasteiger partial charge >= 0.3 is 0 Å². The van der Waals surface area contributed by atoms with Crippen molar-refractivity contribution in [2.45, 2.75) is 46.5 Å². The maximum Gasteiger partial charge on any atom is 0.0467 e. The molecule has 0 amide bonds. The second-order valence-electron chi connectivity index (χ2n) is 6.61. The number of rotatable bonds is 8. The van der Waals surface area contributed by atoms with Gasteiger partial charge in [-0.2, -0.15) is 0 Å². The van der Waals surface area contributed by atoms with Gasteiger partial charge in [0, 0.05) is 26.8 Å². The van der Waals surface area contributed by atoms with Crippen molar-refractivity contribution in [3.8, 4) is 0 Å². The highest BCUT2D eigenvalue weighted by Crippen LogP contribution is 2.31. The van der Waals surface area contributed by atoms with E-state index in [-0.39, 0.29) is 0 Å². The van der Waals surface area contributed by atoms with E-state index in [2.05, 4.69) is 31.4 Å². The number of ether oxygens (including phenoxy) is 1. The molecule has 2 N–H and O–H groups in total. The van der Waals surface area contributed by atoms with Gasteiger partial charge in [0.1, 0.15) is 0 Å². The number of hydrogen-bond donors (Lipinski definition) is 2. The smallest absolute Gasteiger partial charge is 0.0467 e. The van der Waals surface area contributed by atoms with Gasteiger partial charge in [-0.1, -0.05) is 20.8 Å². The zero-order valence-corrected chi connectivity index (χ0v) is 12.8. The van der Waals surface area contributed by atoms with Crippen molar-refractivity contribution in [2.24, 2.45) is 10.8 Å². The number of piperidine rings is 1. The Hall–Kier alpha value is -0.120. The first-order chi connectivity index (χ1) is 8.54. The summed E-state index contributed by atoms with van der Waals surface area (Å²) in [6, 6.07) is 0. The molecule has 0 bridgehead atoms. The van der Waals surface area contributed by atoms with Crippen LogP contribution in [0.15, 0.2) is 0 Å². The van der Waals surface area contributed by atoms with Gasteiger partial charge in [-0.05, 0) is 49.6 Å². The summed E-state index contributed by atoms with van der Waals surface area (Å²) in [7, 11) is 1.78. The highest BCUT2D eigenvalue weighted by atomic mass is 16.5. The van der Waals surface area contributed by atoms with Gasteiger partial charge in [-0.25, -0.2) is 0 Å². The molecule has 1 saturated heterocycles. The summed E-state index contributed by atoms with van der Waals surface area (Å²) in [5, 5.41) is 7.18. The minimum absolute atomic E-state index is 0.331. The van der Waals surface area contributed by atoms with Crippen LogP contribution in [0.2, 0.25) is 0 Å². The van der Waals surface area contributed by atoms with Crippen molar-refractivity contribution in [1.82, 2.24) is 10.6 Å². The van der Waals surface area contributed by atoms with Crippen LogP contribution in [0.1, 0.15) is 46.5 Å². The van der Waals surface area contributed by atoms with Gasteiger partial charge in [0.15, 0.2) is 0 Å². The summed E-state index contributed by atoms with van der Waals surface area (Å²) >= 11 is 0. The predicted octanol–water partition coefficient (Wildman–Crippen LogP) is 2.42. The van der Waals surface area contributed by atoms with Crippen LogP contribution in [-0.2, 0) is 4.74 Å². The van der Waals surface area contributed by atoms with E-state index in [0.29, 0.717) is 10.8 Å². The van der Waals surface area contributed by atoms with Crippen molar-refractivity contribution in [2.75, 3.05) is 39.9 Å². The lowest BCUT2D eigenvalue weighted by atomic mass is 9.76. The first-order valence-corrected chi connectivity index (χ1v) is 7.44. The molecule has 0 radical (unpaired) electrons. The molecule has 0 spiro atoms. The van der Waals surface area contributed by atoms with Crippen molar-refractivity contribution in [3.05, 3.63) is 0 Å². The average molecular weight is 256 g/mol. The van der Waals surface area contributed by atoms with Crippen molar-refractivity contribution in [1.29, 1.82) is 0 Å². The zero-order chi connectivity index (χ0) is 13.5. The molecule has 1 aliphatic rings. The summed E-state index contributed by atoms with van der Waals surface area (Å²) in [4.78, 5) is 0. The number of hydrogen-bond acceptors (Lipinski definition) is 3. The maximum absolute atomic E-state index is 5.18. The van der Waals surface area contributed by atoms with Crippen LogP contribution in [-0.4, -0.2) is 39.9 Å². The fraction of sp³-hybridized carbons (Fsp3) is 1.00. The molecule has 1 rings (SSSR count). The molecule has 0 unspecified atom stereocenters. The summed E-state index contributed by atoms with van der Waals surface area (Å²) in [5.74, 6) is 0. The Labute approximate surface area is 113 Å². The topological polar surface area (TPSA) is 33.3 Å². The molecule has 1 fully saturated rings. The molecule has 0 aromatic carbocycles. The standard InChI is InChI=1S/C15H32N2O/c1-5-15(6-9-16-10-7-15)13-17-12-14(2,3)8-11-18-4/h16-17H,5-13H2,1-4H3. The quantitative estimate of drug-likeness (QED) is 0.700. The fourth-order valence-electron chi connectivity index (χ4n) is 2.75. The van der Waals surface area contributed by atoms with Crippen LogP contribution in [0.4, 0.5) is 0 Å². The lowest BCUT2D eigenvalue weighted by Gasteiger charge is -2.38. The van der Waals surface area contributed by atoms with E-state index in [0.717, 1.165) is 19.6 Å². The molecule has 0 aliphatic carbocycles. The van der Waals surface area contributed by atoms with E-state index in [1.807, 2.05) is 0 Å². The molecular formula is C15H32N2O. The maximum atomic E-state index is 5.18. The average Bonchev–Trinajstić information content (AvgIpc) is 2.37. The minimum Gasteiger partial charge on any atom is -0.385 e. The normalized spacial score (nSPS) is 20.0. The van der Waals surface area contributed by atoms with E-state index >= 15 is 0 Å². The molecule has 1 aliphatic heterocycles. The number of methoxy groups -OCH3 is 1. The van der Waals surface area contributed by atoms with Crippen LogP contribution in [0.3, 0.4) is 0 Å². The van der Waals surface area contributed by atoms with E-state index in [9.17, 15) is 0 Å². The van der Waals surface area contributed by atoms with Crippen molar-refractivity contribution in [3.63, 3.8) is 0 Å². The van der Waals surface area contributed by atoms with Crippen LogP contribution < -0.4 is 10.6 Å². The van der Waals surface area contributed by atoms with Gasteiger partial charge in [0.25, 0.3) is 0 Å². The van der Waals surface area contributed by atoms with Gasteiger partial charge < -0.3 is 15.4 Å². The SMILES string of the molecule is CCC1(CNCC(C)(C)CCOC)CCNCC1. The molecule has 18 heavy (non-hydrogen) atoms. The van der Waals surface area contributed by atoms with Gasteiger partial charge in [-0.3, -0.25) is 0 Å². The van der Waals surface area contributed by atoms with E-state index < -0.39 is 0 Å². The summed E-state index contributed by atoms with van der Waals surface area (Å²) in [5.41, 5.74) is 0.862. The fourth-order valence-corrected chi connectivity index (χ4v) is 2.75. The summed E-state index contributed by atoms with van der Waals surface area (Å²) in [6.07, 6.45) is 5.04. The Kier molecular flexibility index (Phi) is 6.61. The summed E-state index contributed by atoms with van der Waals surface area (Å²) < 4.78 is 5.18. The second kappa shape index (κ2) is 7.46. The van der Waals surface area contributed by atoms with E-state index in [4.69, 9.17) is 4.74 Å². The van der Waals surface area contributed by atoms with Crippen molar-refractivity contribution >= 4 is 0 Å². The van der Waals surface area contributed by atoms with Crippen LogP contribution >= 0.6 is 0 Å². The van der Waals surface area contributed by atoms with E-state index in [1.54, 1.807) is 7.11 Å². The molecule has 3 nitrogen and oxygen atoms in total.